The monoisotopic (exact) mass is 430 g/mol. The number of sulfonamides is 1. The number of halogens is 1. The first-order chi connectivity index (χ1) is 11.4. The first-order valence-corrected chi connectivity index (χ1v) is 10.2. The molecule has 1 aromatic heterocycles. The van der Waals surface area contributed by atoms with Crippen LogP contribution >= 0.6 is 27.3 Å². The lowest BCUT2D eigenvalue weighted by atomic mass is 9.98. The Morgan fingerprint density at radius 3 is 2.58 bits per heavy atom. The first-order valence-electron chi connectivity index (χ1n) is 7.18. The molecule has 1 aliphatic rings. The molecule has 7 nitrogen and oxygen atoms in total. The van der Waals surface area contributed by atoms with Crippen LogP contribution in [0.4, 0.5) is 0 Å². The predicted octanol–water partition coefficient (Wildman–Crippen LogP) is 1.79. The molecule has 1 fully saturated rings. The molecule has 10 heteroatoms. The quantitative estimate of drug-likeness (QED) is 0.661. The van der Waals surface area contributed by atoms with Gasteiger partial charge in [0.15, 0.2) is 0 Å². The molecule has 24 heavy (non-hydrogen) atoms. The van der Waals surface area contributed by atoms with Gasteiger partial charge in [-0.05, 0) is 40.9 Å². The Balaban J connectivity index is 2.15. The number of amides is 1. The third kappa shape index (κ3) is 4.14. The molecule has 1 unspecified atom stereocenters. The van der Waals surface area contributed by atoms with Crippen molar-refractivity contribution in [1.29, 1.82) is 10.5 Å². The lowest BCUT2D eigenvalue weighted by Crippen LogP contribution is -2.46. The number of hydrogen-bond donors (Lipinski definition) is 0. The van der Waals surface area contributed by atoms with E-state index in [2.05, 4.69) is 15.9 Å². The molecule has 0 aromatic carbocycles. The molecule has 0 saturated carbocycles. The Bertz CT molecular complexity index is 778. The van der Waals surface area contributed by atoms with E-state index in [1.165, 1.54) is 15.3 Å². The number of carbonyl (C=O) groups is 1. The fourth-order valence-corrected chi connectivity index (χ4v) is 6.25. The van der Waals surface area contributed by atoms with Crippen molar-refractivity contribution in [3.8, 4) is 12.1 Å². The molecular weight excluding hydrogens is 416 g/mol. The summed E-state index contributed by atoms with van der Waals surface area (Å²) < 4.78 is 27.6. The van der Waals surface area contributed by atoms with Crippen LogP contribution in [0.3, 0.4) is 0 Å². The molecular formula is C14H15BrN4O3S2. The van der Waals surface area contributed by atoms with Gasteiger partial charge in [-0.1, -0.05) is 0 Å². The molecule has 1 aliphatic heterocycles. The van der Waals surface area contributed by atoms with Crippen LogP contribution in [0, 0.1) is 28.6 Å². The summed E-state index contributed by atoms with van der Waals surface area (Å²) in [4.78, 5) is 13.7. The van der Waals surface area contributed by atoms with Crippen molar-refractivity contribution in [2.24, 2.45) is 5.92 Å². The summed E-state index contributed by atoms with van der Waals surface area (Å²) >= 11 is 4.38. The van der Waals surface area contributed by atoms with Crippen molar-refractivity contribution >= 4 is 43.2 Å². The summed E-state index contributed by atoms with van der Waals surface area (Å²) in [6.45, 7) is 0.0865. The second-order valence-electron chi connectivity index (χ2n) is 5.27. The van der Waals surface area contributed by atoms with Crippen LogP contribution in [0.5, 0.6) is 0 Å². The van der Waals surface area contributed by atoms with Crippen molar-refractivity contribution in [3.05, 3.63) is 15.9 Å². The van der Waals surface area contributed by atoms with Crippen molar-refractivity contribution in [2.45, 2.75) is 17.1 Å². The van der Waals surface area contributed by atoms with Crippen LogP contribution in [-0.2, 0) is 14.8 Å². The van der Waals surface area contributed by atoms with Crippen molar-refractivity contribution < 1.29 is 13.2 Å². The highest BCUT2D eigenvalue weighted by Crippen LogP contribution is 2.31. The predicted molar refractivity (Wildman–Crippen MR) is 91.3 cm³/mol. The molecule has 0 radical (unpaired) electrons. The number of nitrogens with zero attached hydrogens (tertiary/aromatic N) is 4. The Kier molecular flexibility index (Phi) is 6.35. The highest BCUT2D eigenvalue weighted by molar-refractivity contribution is 9.11. The van der Waals surface area contributed by atoms with Gasteiger partial charge >= 0.3 is 0 Å². The second kappa shape index (κ2) is 8.08. The third-order valence-corrected chi connectivity index (χ3v) is 7.67. The fraction of sp³-hybridized carbons (Fsp3) is 0.500. The van der Waals surface area contributed by atoms with E-state index in [-0.39, 0.29) is 29.8 Å². The topological polar surface area (TPSA) is 105 Å². The highest BCUT2D eigenvalue weighted by Gasteiger charge is 2.35. The first kappa shape index (κ1) is 18.9. The molecule has 0 aliphatic carbocycles. The van der Waals surface area contributed by atoms with Gasteiger partial charge in [0.25, 0.3) is 10.0 Å². The zero-order valence-electron chi connectivity index (χ0n) is 12.7. The Hall–Kier alpha value is -1.46. The smallest absolute Gasteiger partial charge is 0.252 e. The van der Waals surface area contributed by atoms with Gasteiger partial charge in [0, 0.05) is 13.1 Å². The Morgan fingerprint density at radius 1 is 1.38 bits per heavy atom. The van der Waals surface area contributed by atoms with Crippen molar-refractivity contribution in [2.75, 3.05) is 26.2 Å². The van der Waals surface area contributed by atoms with E-state index in [9.17, 15) is 13.2 Å². The molecule has 1 amide bonds. The van der Waals surface area contributed by atoms with Gasteiger partial charge in [-0.3, -0.25) is 4.79 Å². The third-order valence-electron chi connectivity index (χ3n) is 3.71. The summed E-state index contributed by atoms with van der Waals surface area (Å²) in [7, 11) is -3.64. The second-order valence-corrected chi connectivity index (χ2v) is 9.90. The van der Waals surface area contributed by atoms with Crippen LogP contribution in [0.1, 0.15) is 12.8 Å². The lowest BCUT2D eigenvalue weighted by Gasteiger charge is -2.32. The molecule has 2 heterocycles. The van der Waals surface area contributed by atoms with Gasteiger partial charge in [-0.25, -0.2) is 8.42 Å². The molecule has 128 valence electrons. The number of rotatable bonds is 5. The van der Waals surface area contributed by atoms with Crippen LogP contribution < -0.4 is 0 Å². The maximum Gasteiger partial charge on any atom is 0.252 e. The van der Waals surface area contributed by atoms with Crippen LogP contribution in [-0.4, -0.2) is 49.7 Å². The SMILES string of the molecule is N#CCN(CC#N)C(=O)C1CCCN(S(=O)(=O)c2ccc(Br)s2)C1. The maximum atomic E-state index is 12.7. The van der Waals surface area contributed by atoms with E-state index in [0.29, 0.717) is 19.4 Å². The average molecular weight is 431 g/mol. The Morgan fingerprint density at radius 2 is 2.04 bits per heavy atom. The summed E-state index contributed by atoms with van der Waals surface area (Å²) in [5.41, 5.74) is 0. The number of carbonyl (C=O) groups excluding carboxylic acids is 1. The molecule has 1 atom stereocenters. The zero-order chi connectivity index (χ0) is 17.7. The van der Waals surface area contributed by atoms with E-state index in [1.807, 2.05) is 12.1 Å². The standard InChI is InChI=1S/C14H15BrN4O3S2/c15-12-3-4-13(23-12)24(21,22)19-7-1-2-11(10-19)14(20)18(8-5-16)9-6-17/h3-4,11H,1-2,7-10H2. The van der Waals surface area contributed by atoms with E-state index >= 15 is 0 Å². The van der Waals surface area contributed by atoms with Crippen LogP contribution in [0.15, 0.2) is 20.1 Å². The number of nitriles is 2. The summed E-state index contributed by atoms with van der Waals surface area (Å²) in [6.07, 6.45) is 1.11. The number of piperidine rings is 1. The van der Waals surface area contributed by atoms with Gasteiger partial charge in [0.2, 0.25) is 5.91 Å². The molecule has 1 aromatic rings. The molecule has 0 spiro atoms. The average Bonchev–Trinajstić information content (AvgIpc) is 3.01. The van der Waals surface area contributed by atoms with Gasteiger partial charge in [0.1, 0.15) is 17.3 Å². The highest BCUT2D eigenvalue weighted by atomic mass is 79.9. The van der Waals surface area contributed by atoms with Gasteiger partial charge in [-0.2, -0.15) is 14.8 Å². The van der Waals surface area contributed by atoms with Gasteiger partial charge in [0.05, 0.1) is 21.8 Å². The van der Waals surface area contributed by atoms with E-state index in [1.54, 1.807) is 6.07 Å². The minimum Gasteiger partial charge on any atom is -0.316 e. The molecule has 0 bridgehead atoms. The minimum atomic E-state index is -3.64. The molecule has 0 N–H and O–H groups in total. The van der Waals surface area contributed by atoms with E-state index in [4.69, 9.17) is 10.5 Å². The number of thiophene rings is 1. The van der Waals surface area contributed by atoms with Crippen molar-refractivity contribution in [3.63, 3.8) is 0 Å². The number of hydrogen-bond acceptors (Lipinski definition) is 6. The summed E-state index contributed by atoms with van der Waals surface area (Å²) in [6, 6.07) is 6.93. The van der Waals surface area contributed by atoms with Gasteiger partial charge < -0.3 is 4.90 Å². The lowest BCUT2D eigenvalue weighted by molar-refractivity contribution is -0.135. The largest absolute Gasteiger partial charge is 0.316 e. The summed E-state index contributed by atoms with van der Waals surface area (Å²) in [5.74, 6) is -0.871. The molecule has 2 rings (SSSR count). The van der Waals surface area contributed by atoms with E-state index < -0.39 is 15.9 Å². The fourth-order valence-electron chi connectivity index (χ4n) is 2.57. The maximum absolute atomic E-state index is 12.7. The van der Waals surface area contributed by atoms with Gasteiger partial charge in [-0.15, -0.1) is 11.3 Å². The normalized spacial score (nSPS) is 18.5. The minimum absolute atomic E-state index is 0.0735. The summed E-state index contributed by atoms with van der Waals surface area (Å²) in [5, 5.41) is 17.6. The van der Waals surface area contributed by atoms with Crippen molar-refractivity contribution in [1.82, 2.24) is 9.21 Å². The van der Waals surface area contributed by atoms with E-state index in [0.717, 1.165) is 15.1 Å². The molecule has 1 saturated heterocycles. The zero-order valence-corrected chi connectivity index (χ0v) is 15.9. The van der Waals surface area contributed by atoms with Crippen LogP contribution in [0.25, 0.3) is 0 Å². The Labute approximate surface area is 153 Å². The van der Waals surface area contributed by atoms with Crippen LogP contribution in [0.2, 0.25) is 0 Å².